The number of nitrogens with zero attached hydrogens (tertiary/aromatic N) is 1. The zero-order valence-corrected chi connectivity index (χ0v) is 14.8. The molecule has 0 aliphatic heterocycles. The van der Waals surface area contributed by atoms with Gasteiger partial charge in [0.1, 0.15) is 13.2 Å². The van der Waals surface area contributed by atoms with Gasteiger partial charge in [0.05, 0.1) is 6.04 Å². The molecule has 1 atom stereocenters. The van der Waals surface area contributed by atoms with Gasteiger partial charge in [-0.05, 0) is 17.9 Å². The van der Waals surface area contributed by atoms with Crippen LogP contribution in [0, 0.1) is 5.92 Å². The lowest BCUT2D eigenvalue weighted by Crippen LogP contribution is -2.40. The molecule has 0 aliphatic rings. The van der Waals surface area contributed by atoms with Crippen molar-refractivity contribution in [3.63, 3.8) is 0 Å². The monoisotopic (exact) mass is 364 g/mol. The van der Waals surface area contributed by atoms with Gasteiger partial charge in [-0.3, -0.25) is 0 Å². The molecule has 0 fully saturated rings. The highest BCUT2D eigenvalue weighted by atomic mass is 17.3. The first-order valence-corrected chi connectivity index (χ1v) is 8.32. The quantitative estimate of drug-likeness (QED) is 0.467. The minimum absolute atomic E-state index is 0.00960. The predicted octanol–water partition coefficient (Wildman–Crippen LogP) is 2.60. The van der Waals surface area contributed by atoms with Crippen molar-refractivity contribution in [2.75, 3.05) is 6.61 Å². The van der Waals surface area contributed by atoms with Crippen molar-refractivity contribution in [2.45, 2.75) is 32.9 Å². The second-order valence-electron chi connectivity index (χ2n) is 6.24. The number of hydrogen-bond donors (Lipinski definition) is 3. The molecule has 1 amide bonds. The zero-order valence-electron chi connectivity index (χ0n) is 14.8. The number of carbonyl (C=O) groups excluding carboxylic acids is 1. The molecule has 0 saturated heterocycles. The summed E-state index contributed by atoms with van der Waals surface area (Å²) >= 11 is 0. The summed E-state index contributed by atoms with van der Waals surface area (Å²) in [4.78, 5) is 21.9. The Morgan fingerprint density at radius 2 is 1.77 bits per heavy atom. The average molecular weight is 364 g/mol. The Morgan fingerprint density at radius 3 is 2.38 bits per heavy atom. The van der Waals surface area contributed by atoms with E-state index in [-0.39, 0.29) is 31.0 Å². The fraction of sp³-hybridized carbons (Fsp3) is 0.389. The van der Waals surface area contributed by atoms with Crippen LogP contribution >= 0.6 is 0 Å². The van der Waals surface area contributed by atoms with Crippen LogP contribution in [0.15, 0.2) is 42.5 Å². The predicted molar refractivity (Wildman–Crippen MR) is 93.3 cm³/mol. The molecule has 0 bridgehead atoms. The lowest BCUT2D eigenvalue weighted by atomic mass is 10.0. The third-order valence-electron chi connectivity index (χ3n) is 3.48. The Morgan fingerprint density at radius 1 is 1.12 bits per heavy atom. The van der Waals surface area contributed by atoms with E-state index in [9.17, 15) is 15.0 Å². The van der Waals surface area contributed by atoms with Crippen LogP contribution in [0.5, 0.6) is 11.8 Å². The summed E-state index contributed by atoms with van der Waals surface area (Å²) < 4.78 is 5.92. The average Bonchev–Trinajstić information content (AvgIpc) is 2.92. The lowest BCUT2D eigenvalue weighted by molar-refractivity contribution is -0.300. The zero-order chi connectivity index (χ0) is 18.9. The van der Waals surface area contributed by atoms with Crippen LogP contribution in [0.2, 0.25) is 0 Å². The molecule has 142 valence electrons. The Kier molecular flexibility index (Phi) is 7.16. The van der Waals surface area contributed by atoms with E-state index in [2.05, 4.69) is 5.32 Å². The molecule has 1 aromatic heterocycles. The molecular weight excluding hydrogens is 340 g/mol. The van der Waals surface area contributed by atoms with Gasteiger partial charge in [-0.25, -0.2) is 9.78 Å². The van der Waals surface area contributed by atoms with Crippen LogP contribution in [-0.2, 0) is 16.2 Å². The molecule has 0 aliphatic carbocycles. The number of benzene rings is 1. The molecule has 8 heteroatoms. The van der Waals surface area contributed by atoms with Crippen molar-refractivity contribution in [3.8, 4) is 11.8 Å². The van der Waals surface area contributed by atoms with E-state index >= 15 is 0 Å². The number of carbonyl (C=O) groups is 1. The highest BCUT2D eigenvalue weighted by molar-refractivity contribution is 5.67. The van der Waals surface area contributed by atoms with Crippen LogP contribution in [0.25, 0.3) is 0 Å². The normalized spacial score (nSPS) is 12.0. The third-order valence-corrected chi connectivity index (χ3v) is 3.48. The Balaban J connectivity index is 1.81. The van der Waals surface area contributed by atoms with Crippen molar-refractivity contribution in [3.05, 3.63) is 48.0 Å². The van der Waals surface area contributed by atoms with Gasteiger partial charge in [0.25, 0.3) is 0 Å². The maximum Gasteiger partial charge on any atom is 0.407 e. The van der Waals surface area contributed by atoms with E-state index in [4.69, 9.17) is 14.6 Å². The van der Waals surface area contributed by atoms with Gasteiger partial charge in [-0.2, -0.15) is 4.89 Å². The summed E-state index contributed by atoms with van der Waals surface area (Å²) in [6, 6.07) is 11.5. The molecule has 2 rings (SSSR count). The molecule has 0 saturated carbocycles. The van der Waals surface area contributed by atoms with Crippen molar-refractivity contribution < 1.29 is 29.6 Å². The van der Waals surface area contributed by atoms with Crippen LogP contribution in [0.4, 0.5) is 4.79 Å². The first-order valence-electron chi connectivity index (χ1n) is 8.32. The Hall–Kier alpha value is -2.87. The number of aromatic hydroxyl groups is 2. The van der Waals surface area contributed by atoms with Crippen molar-refractivity contribution in [2.24, 2.45) is 5.92 Å². The van der Waals surface area contributed by atoms with Crippen molar-refractivity contribution >= 4 is 6.09 Å². The maximum atomic E-state index is 12.0. The molecule has 1 aromatic carbocycles. The van der Waals surface area contributed by atoms with Crippen LogP contribution < -0.4 is 10.3 Å². The number of aromatic nitrogens is 1. The van der Waals surface area contributed by atoms with E-state index in [0.29, 0.717) is 12.3 Å². The van der Waals surface area contributed by atoms with E-state index in [1.807, 2.05) is 44.2 Å². The Labute approximate surface area is 151 Å². The van der Waals surface area contributed by atoms with E-state index < -0.39 is 6.09 Å². The highest BCUT2D eigenvalue weighted by Gasteiger charge is 2.17. The number of amides is 1. The second kappa shape index (κ2) is 9.57. The van der Waals surface area contributed by atoms with Gasteiger partial charge in [-0.1, -0.05) is 48.9 Å². The third kappa shape index (κ3) is 6.21. The maximum absolute atomic E-state index is 12.0. The van der Waals surface area contributed by atoms with E-state index in [1.54, 1.807) is 0 Å². The number of hydrogen-bond acceptors (Lipinski definition) is 6. The molecule has 0 spiro atoms. The summed E-state index contributed by atoms with van der Waals surface area (Å²) in [6.45, 7) is 4.20. The van der Waals surface area contributed by atoms with Gasteiger partial charge < -0.3 is 20.3 Å². The van der Waals surface area contributed by atoms with Gasteiger partial charge >= 0.3 is 6.09 Å². The minimum Gasteiger partial charge on any atom is -0.492 e. The SMILES string of the molecule is CC(C)CC(COOn1c(O)ccc1O)NC(=O)OCc1ccccc1. The second-order valence-corrected chi connectivity index (χ2v) is 6.24. The van der Waals surface area contributed by atoms with Gasteiger partial charge in [0.15, 0.2) is 0 Å². The first-order chi connectivity index (χ1) is 12.5. The number of rotatable bonds is 9. The molecule has 2 aromatic rings. The van der Waals surface area contributed by atoms with Crippen LogP contribution in [0.1, 0.15) is 25.8 Å². The molecule has 26 heavy (non-hydrogen) atoms. The largest absolute Gasteiger partial charge is 0.492 e. The number of ether oxygens (including phenoxy) is 1. The number of alkyl carbamates (subject to hydrolysis) is 1. The van der Waals surface area contributed by atoms with Crippen molar-refractivity contribution in [1.82, 2.24) is 10.0 Å². The van der Waals surface area contributed by atoms with Crippen LogP contribution in [-0.4, -0.2) is 33.7 Å². The van der Waals surface area contributed by atoms with E-state index in [1.165, 1.54) is 12.1 Å². The summed E-state index contributed by atoms with van der Waals surface area (Å²) in [5.74, 6) is -0.317. The Bertz CT molecular complexity index is 667. The molecule has 3 N–H and O–H groups in total. The standard InChI is InChI=1S/C18H24N2O6/c1-13(2)10-15(12-25-26-20-16(21)8-9-17(20)22)19-18(23)24-11-14-6-4-3-5-7-14/h3-9,13,15,21-22H,10-12H2,1-2H3,(H,19,23). The molecule has 1 unspecified atom stereocenters. The summed E-state index contributed by atoms with van der Waals surface area (Å²) in [5.41, 5.74) is 0.890. The fourth-order valence-electron chi connectivity index (χ4n) is 2.31. The fourth-order valence-corrected chi connectivity index (χ4v) is 2.31. The first kappa shape index (κ1) is 19.5. The number of nitrogens with one attached hydrogen (secondary N) is 1. The van der Waals surface area contributed by atoms with Gasteiger partial charge in [0.2, 0.25) is 11.8 Å². The molecular formula is C18H24N2O6. The lowest BCUT2D eigenvalue weighted by Gasteiger charge is -2.20. The van der Waals surface area contributed by atoms with E-state index in [0.717, 1.165) is 10.3 Å². The molecule has 0 radical (unpaired) electrons. The van der Waals surface area contributed by atoms with Gasteiger partial charge in [0, 0.05) is 12.1 Å². The summed E-state index contributed by atoms with van der Waals surface area (Å²) in [7, 11) is 0. The minimum atomic E-state index is -0.560. The molecule has 1 heterocycles. The summed E-state index contributed by atoms with van der Waals surface area (Å²) in [6.07, 6.45) is 0.0720. The van der Waals surface area contributed by atoms with Crippen LogP contribution in [0.3, 0.4) is 0 Å². The smallest absolute Gasteiger partial charge is 0.407 e. The van der Waals surface area contributed by atoms with Crippen molar-refractivity contribution in [1.29, 1.82) is 0 Å². The highest BCUT2D eigenvalue weighted by Crippen LogP contribution is 2.18. The summed E-state index contributed by atoms with van der Waals surface area (Å²) in [5, 5.41) is 21.7. The van der Waals surface area contributed by atoms with Gasteiger partial charge in [-0.15, -0.1) is 0 Å². The topological polar surface area (TPSA) is 102 Å². The molecule has 8 nitrogen and oxygen atoms in total.